The molecule has 1 amide bonds. The fraction of sp³-hybridized carbons (Fsp3) is 0.286. The van der Waals surface area contributed by atoms with E-state index in [1.807, 2.05) is 13.8 Å². The average molecular weight is 330 g/mol. The Morgan fingerprint density at radius 2 is 1.91 bits per heavy atom. The van der Waals surface area contributed by atoms with Gasteiger partial charge in [-0.1, -0.05) is 0 Å². The van der Waals surface area contributed by atoms with Gasteiger partial charge in [0.15, 0.2) is 0 Å². The van der Waals surface area contributed by atoms with Gasteiger partial charge in [-0.3, -0.25) is 4.79 Å². The Morgan fingerprint density at radius 3 is 2.41 bits per heavy atom. The van der Waals surface area contributed by atoms with Crippen molar-refractivity contribution >= 4 is 17.2 Å². The van der Waals surface area contributed by atoms with Gasteiger partial charge in [-0.25, -0.2) is 4.98 Å². The third kappa shape index (κ3) is 4.45. The van der Waals surface area contributed by atoms with Crippen LogP contribution in [0.3, 0.4) is 0 Å². The van der Waals surface area contributed by atoms with Gasteiger partial charge in [0, 0.05) is 10.4 Å². The van der Waals surface area contributed by atoms with Crippen molar-refractivity contribution < 1.29 is 22.7 Å². The zero-order valence-corrected chi connectivity index (χ0v) is 12.6. The SMILES string of the molecule is Cc1nc(C)c(CNC(=O)c2ccc(OC(F)(F)F)cc2)s1. The zero-order valence-electron chi connectivity index (χ0n) is 11.8. The number of thiazole rings is 1. The molecule has 4 nitrogen and oxygen atoms in total. The number of hydrogen-bond donors (Lipinski definition) is 1. The molecule has 2 rings (SSSR count). The summed E-state index contributed by atoms with van der Waals surface area (Å²) in [5.41, 5.74) is 1.12. The quantitative estimate of drug-likeness (QED) is 0.932. The molecule has 118 valence electrons. The molecule has 0 atom stereocenters. The maximum absolute atomic E-state index is 12.0. The number of nitrogens with zero attached hydrogens (tertiary/aromatic N) is 1. The van der Waals surface area contributed by atoms with Crippen LogP contribution < -0.4 is 10.1 Å². The van der Waals surface area contributed by atoms with Crippen molar-refractivity contribution in [2.75, 3.05) is 0 Å². The Bertz CT molecular complexity index is 666. The van der Waals surface area contributed by atoms with Crippen molar-refractivity contribution in [3.63, 3.8) is 0 Å². The van der Waals surface area contributed by atoms with E-state index in [0.29, 0.717) is 6.54 Å². The second-order valence-corrected chi connectivity index (χ2v) is 5.78. The highest BCUT2D eigenvalue weighted by atomic mass is 32.1. The molecule has 1 aromatic heterocycles. The monoisotopic (exact) mass is 330 g/mol. The fourth-order valence-corrected chi connectivity index (χ4v) is 2.68. The Balaban J connectivity index is 1.96. The number of aryl methyl sites for hydroxylation is 2. The van der Waals surface area contributed by atoms with Crippen LogP contribution in [0.15, 0.2) is 24.3 Å². The van der Waals surface area contributed by atoms with Crippen LogP contribution in [-0.2, 0) is 6.54 Å². The van der Waals surface area contributed by atoms with E-state index in [0.717, 1.165) is 27.7 Å². The minimum atomic E-state index is -4.74. The van der Waals surface area contributed by atoms with E-state index in [1.54, 1.807) is 0 Å². The third-order valence-corrected chi connectivity index (χ3v) is 3.83. The number of carbonyl (C=O) groups excluding carboxylic acids is 1. The zero-order chi connectivity index (χ0) is 16.3. The summed E-state index contributed by atoms with van der Waals surface area (Å²) in [6, 6.07) is 4.76. The number of ether oxygens (including phenoxy) is 1. The summed E-state index contributed by atoms with van der Waals surface area (Å²) in [6.45, 7) is 4.06. The number of carbonyl (C=O) groups is 1. The molecule has 1 N–H and O–H groups in total. The molecule has 0 aliphatic carbocycles. The minimum absolute atomic E-state index is 0.258. The number of benzene rings is 1. The number of aromatic nitrogens is 1. The predicted molar refractivity (Wildman–Crippen MR) is 75.9 cm³/mol. The van der Waals surface area contributed by atoms with Crippen molar-refractivity contribution in [2.24, 2.45) is 0 Å². The fourth-order valence-electron chi connectivity index (χ4n) is 1.81. The van der Waals surface area contributed by atoms with Crippen LogP contribution in [0.1, 0.15) is 25.9 Å². The van der Waals surface area contributed by atoms with Crippen molar-refractivity contribution in [3.8, 4) is 5.75 Å². The van der Waals surface area contributed by atoms with Gasteiger partial charge in [0.05, 0.1) is 17.2 Å². The molecule has 0 fully saturated rings. The topological polar surface area (TPSA) is 51.2 Å². The highest BCUT2D eigenvalue weighted by Crippen LogP contribution is 2.23. The van der Waals surface area contributed by atoms with Gasteiger partial charge < -0.3 is 10.1 Å². The van der Waals surface area contributed by atoms with Gasteiger partial charge in [-0.05, 0) is 38.1 Å². The van der Waals surface area contributed by atoms with Gasteiger partial charge >= 0.3 is 6.36 Å². The summed E-state index contributed by atoms with van der Waals surface area (Å²) in [4.78, 5) is 17.1. The van der Waals surface area contributed by atoms with Gasteiger partial charge in [0.2, 0.25) is 0 Å². The van der Waals surface area contributed by atoms with Crippen LogP contribution in [0.2, 0.25) is 0 Å². The molecule has 0 saturated carbocycles. The summed E-state index contributed by atoms with van der Waals surface area (Å²) in [7, 11) is 0. The van der Waals surface area contributed by atoms with Crippen LogP contribution >= 0.6 is 11.3 Å². The molecule has 1 aromatic carbocycles. The first-order valence-corrected chi connectivity index (χ1v) is 7.13. The highest BCUT2D eigenvalue weighted by molar-refractivity contribution is 7.11. The number of hydrogen-bond acceptors (Lipinski definition) is 4. The molecule has 1 heterocycles. The van der Waals surface area contributed by atoms with Crippen LogP contribution in [-0.4, -0.2) is 17.3 Å². The molecular formula is C14H13F3N2O2S. The molecule has 0 radical (unpaired) electrons. The summed E-state index contributed by atoms with van der Waals surface area (Å²) in [5.74, 6) is -0.734. The van der Waals surface area contributed by atoms with E-state index in [9.17, 15) is 18.0 Å². The highest BCUT2D eigenvalue weighted by Gasteiger charge is 2.31. The smallest absolute Gasteiger partial charge is 0.406 e. The lowest BCUT2D eigenvalue weighted by atomic mass is 10.2. The molecule has 22 heavy (non-hydrogen) atoms. The van der Waals surface area contributed by atoms with Gasteiger partial charge in [-0.2, -0.15) is 0 Å². The first-order chi connectivity index (χ1) is 10.2. The molecule has 0 saturated heterocycles. The first-order valence-electron chi connectivity index (χ1n) is 6.31. The van der Waals surface area contributed by atoms with E-state index < -0.39 is 6.36 Å². The largest absolute Gasteiger partial charge is 0.573 e. The first kappa shape index (κ1) is 16.3. The van der Waals surface area contributed by atoms with Gasteiger partial charge in [0.25, 0.3) is 5.91 Å². The van der Waals surface area contributed by atoms with Crippen molar-refractivity contribution in [1.82, 2.24) is 10.3 Å². The Morgan fingerprint density at radius 1 is 1.27 bits per heavy atom. The lowest BCUT2D eigenvalue weighted by molar-refractivity contribution is -0.274. The molecule has 0 aliphatic heterocycles. The van der Waals surface area contributed by atoms with E-state index >= 15 is 0 Å². The molecule has 8 heteroatoms. The lowest BCUT2D eigenvalue weighted by Gasteiger charge is -2.09. The van der Waals surface area contributed by atoms with E-state index in [1.165, 1.54) is 23.5 Å². The molecule has 0 spiro atoms. The maximum Gasteiger partial charge on any atom is 0.573 e. The van der Waals surface area contributed by atoms with Crippen molar-refractivity contribution in [2.45, 2.75) is 26.8 Å². The summed E-state index contributed by atoms with van der Waals surface area (Å²) >= 11 is 1.49. The number of alkyl halides is 3. The average Bonchev–Trinajstić information content (AvgIpc) is 2.73. The second kappa shape index (κ2) is 6.35. The van der Waals surface area contributed by atoms with Gasteiger partial charge in [-0.15, -0.1) is 24.5 Å². The molecular weight excluding hydrogens is 317 g/mol. The molecule has 0 unspecified atom stereocenters. The molecule has 0 aliphatic rings. The number of nitrogens with one attached hydrogen (secondary N) is 1. The lowest BCUT2D eigenvalue weighted by Crippen LogP contribution is -2.22. The number of rotatable bonds is 4. The second-order valence-electron chi connectivity index (χ2n) is 4.50. The maximum atomic E-state index is 12.0. The van der Waals surface area contributed by atoms with E-state index in [4.69, 9.17) is 0 Å². The minimum Gasteiger partial charge on any atom is -0.406 e. The Kier molecular flexibility index (Phi) is 4.70. The van der Waals surface area contributed by atoms with Gasteiger partial charge in [0.1, 0.15) is 5.75 Å². The van der Waals surface area contributed by atoms with Crippen LogP contribution in [0, 0.1) is 13.8 Å². The van der Waals surface area contributed by atoms with Crippen LogP contribution in [0.25, 0.3) is 0 Å². The Labute approximate surface area is 128 Å². The normalized spacial score (nSPS) is 11.3. The Hall–Kier alpha value is -2.09. The predicted octanol–water partition coefficient (Wildman–Crippen LogP) is 3.59. The van der Waals surface area contributed by atoms with Crippen molar-refractivity contribution in [1.29, 1.82) is 0 Å². The van der Waals surface area contributed by atoms with Crippen LogP contribution in [0.5, 0.6) is 5.75 Å². The number of amides is 1. The summed E-state index contributed by atoms with van der Waals surface area (Å²) in [6.07, 6.45) is -4.74. The summed E-state index contributed by atoms with van der Waals surface area (Å²) in [5, 5.41) is 3.62. The summed E-state index contributed by atoms with van der Waals surface area (Å²) < 4.78 is 39.9. The standard InChI is InChI=1S/C14H13F3N2O2S/c1-8-12(22-9(2)19-8)7-18-13(20)10-3-5-11(6-4-10)21-14(15,16)17/h3-6H,7H2,1-2H3,(H,18,20). The molecule has 0 bridgehead atoms. The van der Waals surface area contributed by atoms with E-state index in [2.05, 4.69) is 15.0 Å². The number of halogens is 3. The van der Waals surface area contributed by atoms with Crippen LogP contribution in [0.4, 0.5) is 13.2 Å². The third-order valence-electron chi connectivity index (χ3n) is 2.76. The van der Waals surface area contributed by atoms with Crippen molar-refractivity contribution in [3.05, 3.63) is 45.4 Å². The molecule has 2 aromatic rings. The van der Waals surface area contributed by atoms with E-state index in [-0.39, 0.29) is 17.2 Å².